The Bertz CT molecular complexity index is 1430. The molecule has 1 saturated carbocycles. The predicted octanol–water partition coefficient (Wildman–Crippen LogP) is 3.81. The lowest BCUT2D eigenvalue weighted by Gasteiger charge is -2.31. The van der Waals surface area contributed by atoms with Crippen molar-refractivity contribution in [3.63, 3.8) is 0 Å². The van der Waals surface area contributed by atoms with Crippen LogP contribution in [0.15, 0.2) is 33.5 Å². The first-order chi connectivity index (χ1) is 17.5. The van der Waals surface area contributed by atoms with Crippen LogP contribution in [0.3, 0.4) is 0 Å². The Hall–Kier alpha value is -3.53. The highest BCUT2D eigenvalue weighted by Crippen LogP contribution is 2.36. The number of rotatable bonds is 5. The van der Waals surface area contributed by atoms with E-state index in [9.17, 15) is 4.79 Å². The van der Waals surface area contributed by atoms with Crippen LogP contribution in [0, 0.1) is 18.8 Å². The number of aromatic nitrogens is 6. The topological polar surface area (TPSA) is 115 Å². The van der Waals surface area contributed by atoms with Crippen molar-refractivity contribution >= 4 is 17.1 Å². The van der Waals surface area contributed by atoms with Crippen LogP contribution in [0.1, 0.15) is 38.2 Å². The highest BCUT2D eigenvalue weighted by atomic mass is 16.5. The number of ether oxygens (including phenoxy) is 1. The molecule has 4 aromatic rings. The van der Waals surface area contributed by atoms with Gasteiger partial charge in [-0.2, -0.15) is 4.98 Å². The Morgan fingerprint density at radius 2 is 1.89 bits per heavy atom. The summed E-state index contributed by atoms with van der Waals surface area (Å²) in [6.45, 7) is 8.18. The Morgan fingerprint density at radius 1 is 1.08 bits per heavy atom. The molecule has 0 unspecified atom stereocenters. The van der Waals surface area contributed by atoms with Crippen molar-refractivity contribution in [2.45, 2.75) is 46.1 Å². The van der Waals surface area contributed by atoms with Crippen molar-refractivity contribution in [1.29, 1.82) is 0 Å². The smallest absolute Gasteiger partial charge is 0.384 e. The number of nitrogens with one attached hydrogen (secondary N) is 1. The van der Waals surface area contributed by atoms with Gasteiger partial charge in [-0.15, -0.1) is 5.10 Å². The number of hydrogen-bond donors (Lipinski definition) is 1. The molecular weight excluding hydrogens is 458 g/mol. The van der Waals surface area contributed by atoms with E-state index >= 15 is 0 Å². The molecule has 0 amide bonds. The first-order valence-electron chi connectivity index (χ1n) is 12.8. The normalized spacial score (nSPS) is 20.8. The van der Waals surface area contributed by atoms with Crippen LogP contribution < -0.4 is 10.7 Å². The van der Waals surface area contributed by atoms with Gasteiger partial charge < -0.3 is 18.6 Å². The molecule has 36 heavy (non-hydrogen) atoms. The predicted molar refractivity (Wildman–Crippen MR) is 136 cm³/mol. The van der Waals surface area contributed by atoms with E-state index in [1.54, 1.807) is 0 Å². The fraction of sp³-hybridized carbons (Fsp3) is 0.500. The molecule has 0 bridgehead atoms. The number of imidazole rings is 1. The molecule has 10 heteroatoms. The minimum Gasteiger partial charge on any atom is -0.384 e. The van der Waals surface area contributed by atoms with Crippen molar-refractivity contribution in [2.75, 3.05) is 31.2 Å². The Kier molecular flexibility index (Phi) is 6.04. The van der Waals surface area contributed by atoms with Gasteiger partial charge in [-0.25, -0.2) is 19.9 Å². The highest BCUT2D eigenvalue weighted by molar-refractivity contribution is 5.91. The van der Waals surface area contributed by atoms with Gasteiger partial charge in [-0.3, -0.25) is 0 Å². The van der Waals surface area contributed by atoms with Gasteiger partial charge in [0, 0.05) is 25.2 Å². The molecule has 2 fully saturated rings. The maximum Gasteiger partial charge on any atom is 0.434 e. The second-order valence-corrected chi connectivity index (χ2v) is 10.1. The number of fused-ring (bicyclic) bond motifs is 1. The molecule has 3 aromatic heterocycles. The van der Waals surface area contributed by atoms with Crippen molar-refractivity contribution < 1.29 is 9.15 Å². The minimum absolute atomic E-state index is 0.0551. The van der Waals surface area contributed by atoms with Crippen molar-refractivity contribution in [3.8, 4) is 23.0 Å². The number of H-pyrrole nitrogens is 1. The number of aryl methyl sites for hydroxylation is 1. The molecule has 1 aromatic carbocycles. The van der Waals surface area contributed by atoms with Crippen LogP contribution >= 0.6 is 0 Å². The summed E-state index contributed by atoms with van der Waals surface area (Å²) in [5.41, 5.74) is 4.34. The molecule has 0 atom stereocenters. The van der Waals surface area contributed by atoms with Crippen LogP contribution in [0.4, 0.5) is 5.95 Å². The van der Waals surface area contributed by atoms with E-state index in [1.807, 2.05) is 12.1 Å². The first kappa shape index (κ1) is 22.9. The molecular formula is C26H31N7O3. The second kappa shape index (κ2) is 9.50. The van der Waals surface area contributed by atoms with Gasteiger partial charge in [0.05, 0.1) is 13.2 Å². The quantitative estimate of drug-likeness (QED) is 0.450. The van der Waals surface area contributed by atoms with E-state index in [1.165, 1.54) is 25.7 Å². The maximum atomic E-state index is 11.7. The van der Waals surface area contributed by atoms with Crippen LogP contribution in [0.25, 0.3) is 34.1 Å². The summed E-state index contributed by atoms with van der Waals surface area (Å²) in [6, 6.07) is 8.25. The Balaban J connectivity index is 1.56. The standard InChI is InChI=1S/C26H31N7O3/c1-16-6-8-18(9-7-16)15-33-21-20(19-5-3-4-17(2)14-19)27-23(24-30-31-26(34)36-24)28-22(21)29-25(33)32-10-12-35-13-11-32/h3-5,14,16,18H,6-13,15H2,1-2H3,(H,31,34). The van der Waals surface area contributed by atoms with Gasteiger partial charge in [0.1, 0.15) is 11.2 Å². The third-order valence-electron chi connectivity index (χ3n) is 7.37. The lowest BCUT2D eigenvalue weighted by Crippen LogP contribution is -2.38. The second-order valence-electron chi connectivity index (χ2n) is 10.1. The first-order valence-corrected chi connectivity index (χ1v) is 12.8. The lowest BCUT2D eigenvalue weighted by atomic mass is 9.83. The molecule has 0 spiro atoms. The Morgan fingerprint density at radius 3 is 2.61 bits per heavy atom. The third kappa shape index (κ3) is 4.41. The Labute approximate surface area is 208 Å². The van der Waals surface area contributed by atoms with Crippen molar-refractivity contribution in [3.05, 3.63) is 40.4 Å². The molecule has 6 rings (SSSR count). The average Bonchev–Trinajstić information content (AvgIpc) is 3.49. The average molecular weight is 490 g/mol. The SMILES string of the molecule is Cc1cccc(-c2nc(-c3n[nH]c(=O)o3)nc3nc(N4CCOCC4)n(CC4CCC(C)CC4)c23)c1. The van der Waals surface area contributed by atoms with Crippen LogP contribution in [-0.2, 0) is 11.3 Å². The molecule has 1 aliphatic heterocycles. The summed E-state index contributed by atoms with van der Waals surface area (Å²) in [4.78, 5) is 28.6. The minimum atomic E-state index is -0.642. The van der Waals surface area contributed by atoms with Crippen LogP contribution in [-0.4, -0.2) is 56.0 Å². The van der Waals surface area contributed by atoms with Crippen molar-refractivity contribution in [2.24, 2.45) is 11.8 Å². The van der Waals surface area contributed by atoms with E-state index in [0.717, 1.165) is 53.8 Å². The number of benzene rings is 1. The lowest BCUT2D eigenvalue weighted by molar-refractivity contribution is 0.121. The summed E-state index contributed by atoms with van der Waals surface area (Å²) in [7, 11) is 0. The molecule has 188 valence electrons. The molecule has 1 saturated heterocycles. The zero-order chi connectivity index (χ0) is 24.6. The van der Waals surface area contributed by atoms with E-state index < -0.39 is 5.76 Å². The molecule has 0 radical (unpaired) electrons. The summed E-state index contributed by atoms with van der Waals surface area (Å²) in [5, 5.41) is 6.28. The van der Waals surface area contributed by atoms with Gasteiger partial charge in [0.25, 0.3) is 5.89 Å². The van der Waals surface area contributed by atoms with Gasteiger partial charge in [-0.05, 0) is 37.7 Å². The molecule has 1 aliphatic carbocycles. The van der Waals surface area contributed by atoms with E-state index in [0.29, 0.717) is 24.8 Å². The molecule has 2 aliphatic rings. The van der Waals surface area contributed by atoms with Gasteiger partial charge in [0.2, 0.25) is 11.8 Å². The van der Waals surface area contributed by atoms with Gasteiger partial charge in [0.15, 0.2) is 5.65 Å². The number of morpholine rings is 1. The maximum absolute atomic E-state index is 11.7. The zero-order valence-corrected chi connectivity index (χ0v) is 20.7. The molecule has 10 nitrogen and oxygen atoms in total. The largest absolute Gasteiger partial charge is 0.434 e. The number of hydrogen-bond acceptors (Lipinski definition) is 8. The van der Waals surface area contributed by atoms with E-state index in [2.05, 4.69) is 45.6 Å². The van der Waals surface area contributed by atoms with Crippen molar-refractivity contribution in [1.82, 2.24) is 29.7 Å². The zero-order valence-electron chi connectivity index (χ0n) is 20.7. The van der Waals surface area contributed by atoms with E-state index in [4.69, 9.17) is 24.1 Å². The fourth-order valence-corrected chi connectivity index (χ4v) is 5.39. The molecule has 1 N–H and O–H groups in total. The highest BCUT2D eigenvalue weighted by Gasteiger charge is 2.28. The molecule has 4 heterocycles. The summed E-state index contributed by atoms with van der Waals surface area (Å²) in [5.74, 6) is 1.92. The summed E-state index contributed by atoms with van der Waals surface area (Å²) < 4.78 is 13.2. The van der Waals surface area contributed by atoms with Gasteiger partial charge in [-0.1, -0.05) is 43.5 Å². The van der Waals surface area contributed by atoms with Gasteiger partial charge >= 0.3 is 5.76 Å². The third-order valence-corrected chi connectivity index (χ3v) is 7.37. The van der Waals surface area contributed by atoms with Crippen LogP contribution in [0.5, 0.6) is 0 Å². The fourth-order valence-electron chi connectivity index (χ4n) is 5.39. The summed E-state index contributed by atoms with van der Waals surface area (Å²) >= 11 is 0. The number of anilines is 1. The number of nitrogens with zero attached hydrogens (tertiary/aromatic N) is 6. The number of aromatic amines is 1. The van der Waals surface area contributed by atoms with E-state index in [-0.39, 0.29) is 11.7 Å². The van der Waals surface area contributed by atoms with Crippen LogP contribution in [0.2, 0.25) is 0 Å². The monoisotopic (exact) mass is 489 g/mol. The summed E-state index contributed by atoms with van der Waals surface area (Å²) in [6.07, 6.45) is 4.93.